The summed E-state index contributed by atoms with van der Waals surface area (Å²) in [6.07, 6.45) is 1.92. The molecule has 2 rings (SSSR count). The minimum absolute atomic E-state index is 0.246. The Balaban J connectivity index is 2.56. The highest BCUT2D eigenvalue weighted by Gasteiger charge is 2.50. The van der Waals surface area contributed by atoms with E-state index in [1.807, 2.05) is 6.07 Å². The van der Waals surface area contributed by atoms with Crippen molar-refractivity contribution in [3.63, 3.8) is 0 Å². The third-order valence-electron chi connectivity index (χ3n) is 3.76. The zero-order chi connectivity index (χ0) is 11.9. The van der Waals surface area contributed by atoms with Crippen LogP contribution in [0.15, 0.2) is 12.1 Å². The standard InChI is InChI=1S/C14H18O2/c1-9-7-12(13(16-4)8-10(9)2)14(5-6-14)11(3)15/h7-8H,5-6H2,1-4H3. The van der Waals surface area contributed by atoms with Gasteiger partial charge in [0.15, 0.2) is 0 Å². The van der Waals surface area contributed by atoms with Crippen molar-refractivity contribution in [3.8, 4) is 5.75 Å². The SMILES string of the molecule is COc1cc(C)c(C)cc1C1(C(C)=O)CC1. The number of ketones is 1. The van der Waals surface area contributed by atoms with Gasteiger partial charge >= 0.3 is 0 Å². The molecule has 0 bridgehead atoms. The van der Waals surface area contributed by atoms with Crippen LogP contribution < -0.4 is 4.74 Å². The van der Waals surface area contributed by atoms with Crippen LogP contribution in [0.3, 0.4) is 0 Å². The van der Waals surface area contributed by atoms with Crippen LogP contribution in [-0.2, 0) is 10.2 Å². The van der Waals surface area contributed by atoms with Crippen molar-refractivity contribution >= 4 is 5.78 Å². The number of hydrogen-bond donors (Lipinski definition) is 0. The maximum Gasteiger partial charge on any atom is 0.140 e. The van der Waals surface area contributed by atoms with Gasteiger partial charge in [-0.15, -0.1) is 0 Å². The van der Waals surface area contributed by atoms with Crippen molar-refractivity contribution in [1.82, 2.24) is 0 Å². The fraction of sp³-hybridized carbons (Fsp3) is 0.500. The van der Waals surface area contributed by atoms with Gasteiger partial charge in [-0.2, -0.15) is 0 Å². The van der Waals surface area contributed by atoms with E-state index in [9.17, 15) is 4.79 Å². The van der Waals surface area contributed by atoms with E-state index in [2.05, 4.69) is 19.9 Å². The first kappa shape index (κ1) is 11.2. The lowest BCUT2D eigenvalue weighted by Gasteiger charge is -2.18. The van der Waals surface area contributed by atoms with Crippen molar-refractivity contribution in [2.75, 3.05) is 7.11 Å². The molecule has 0 amide bonds. The Kier molecular flexibility index (Phi) is 2.53. The van der Waals surface area contributed by atoms with Gasteiger partial charge in [0, 0.05) is 5.56 Å². The Bertz CT molecular complexity index is 442. The third-order valence-corrected chi connectivity index (χ3v) is 3.76. The molecule has 0 aliphatic heterocycles. The molecule has 2 nitrogen and oxygen atoms in total. The number of rotatable bonds is 3. The largest absolute Gasteiger partial charge is 0.496 e. The average Bonchev–Trinajstić information content (AvgIpc) is 3.02. The van der Waals surface area contributed by atoms with Gasteiger partial charge in [0.05, 0.1) is 12.5 Å². The fourth-order valence-corrected chi connectivity index (χ4v) is 2.27. The molecule has 0 heterocycles. The van der Waals surface area contributed by atoms with Crippen molar-refractivity contribution in [2.24, 2.45) is 0 Å². The molecule has 1 fully saturated rings. The summed E-state index contributed by atoms with van der Waals surface area (Å²) < 4.78 is 5.41. The van der Waals surface area contributed by atoms with Crippen molar-refractivity contribution in [2.45, 2.75) is 39.0 Å². The summed E-state index contributed by atoms with van der Waals surface area (Å²) in [5.41, 5.74) is 3.26. The van der Waals surface area contributed by atoms with Crippen LogP contribution in [0.2, 0.25) is 0 Å². The van der Waals surface area contributed by atoms with Gasteiger partial charge in [-0.1, -0.05) is 6.07 Å². The number of benzene rings is 1. The van der Waals surface area contributed by atoms with E-state index in [0.717, 1.165) is 24.2 Å². The number of carbonyl (C=O) groups is 1. The van der Waals surface area contributed by atoms with Crippen LogP contribution in [0.4, 0.5) is 0 Å². The summed E-state index contributed by atoms with van der Waals surface area (Å²) in [5, 5.41) is 0. The van der Waals surface area contributed by atoms with E-state index in [1.54, 1.807) is 14.0 Å². The molecule has 0 spiro atoms. The number of ether oxygens (including phenoxy) is 1. The Morgan fingerprint density at radius 3 is 2.25 bits per heavy atom. The lowest BCUT2D eigenvalue weighted by atomic mass is 9.89. The van der Waals surface area contributed by atoms with E-state index in [1.165, 1.54) is 11.1 Å². The molecule has 0 saturated heterocycles. The number of hydrogen-bond acceptors (Lipinski definition) is 2. The first-order valence-electron chi connectivity index (χ1n) is 5.68. The normalized spacial score (nSPS) is 17.0. The first-order chi connectivity index (χ1) is 7.51. The van der Waals surface area contributed by atoms with E-state index >= 15 is 0 Å². The highest BCUT2D eigenvalue weighted by molar-refractivity contribution is 5.92. The Hall–Kier alpha value is -1.31. The van der Waals surface area contributed by atoms with E-state index in [4.69, 9.17) is 4.74 Å². The van der Waals surface area contributed by atoms with Crippen LogP contribution in [0, 0.1) is 13.8 Å². The van der Waals surface area contributed by atoms with E-state index in [0.29, 0.717) is 0 Å². The lowest BCUT2D eigenvalue weighted by Crippen LogP contribution is -2.18. The monoisotopic (exact) mass is 218 g/mol. The summed E-state index contributed by atoms with van der Waals surface area (Å²) in [7, 11) is 1.67. The minimum atomic E-state index is -0.246. The molecule has 16 heavy (non-hydrogen) atoms. The summed E-state index contributed by atoms with van der Waals surface area (Å²) in [6.45, 7) is 5.82. The topological polar surface area (TPSA) is 26.3 Å². The van der Waals surface area contributed by atoms with Crippen molar-refractivity contribution in [1.29, 1.82) is 0 Å². The molecule has 1 aromatic rings. The number of methoxy groups -OCH3 is 1. The molecule has 1 saturated carbocycles. The fourth-order valence-electron chi connectivity index (χ4n) is 2.27. The van der Waals surface area contributed by atoms with Gasteiger partial charge in [0.2, 0.25) is 0 Å². The summed E-state index contributed by atoms with van der Waals surface area (Å²) in [4.78, 5) is 11.7. The highest BCUT2D eigenvalue weighted by atomic mass is 16.5. The third kappa shape index (κ3) is 1.53. The maximum absolute atomic E-state index is 11.7. The molecule has 0 radical (unpaired) electrons. The second-order valence-corrected chi connectivity index (χ2v) is 4.78. The van der Waals surface area contributed by atoms with Crippen molar-refractivity contribution in [3.05, 3.63) is 28.8 Å². The van der Waals surface area contributed by atoms with Gasteiger partial charge in [-0.05, 0) is 50.8 Å². The second kappa shape index (κ2) is 3.62. The van der Waals surface area contributed by atoms with Crippen molar-refractivity contribution < 1.29 is 9.53 Å². The molecule has 0 aromatic heterocycles. The van der Waals surface area contributed by atoms with Gasteiger partial charge in [-0.3, -0.25) is 4.79 Å². The molecular weight excluding hydrogens is 200 g/mol. The smallest absolute Gasteiger partial charge is 0.140 e. The molecule has 1 aliphatic rings. The Labute approximate surface area is 96.6 Å². The zero-order valence-electron chi connectivity index (χ0n) is 10.4. The number of Topliss-reactive ketones (excluding diaryl/α,β-unsaturated/α-hetero) is 1. The molecule has 0 N–H and O–H groups in total. The first-order valence-corrected chi connectivity index (χ1v) is 5.68. The van der Waals surface area contributed by atoms with Crippen LogP contribution in [-0.4, -0.2) is 12.9 Å². The van der Waals surface area contributed by atoms with Crippen LogP contribution in [0.5, 0.6) is 5.75 Å². The predicted octanol–water partition coefficient (Wildman–Crippen LogP) is 2.93. The molecule has 2 heteroatoms. The zero-order valence-corrected chi connectivity index (χ0v) is 10.4. The quantitative estimate of drug-likeness (QED) is 0.779. The summed E-state index contributed by atoms with van der Waals surface area (Å²) in [6, 6.07) is 4.15. The molecule has 0 unspecified atom stereocenters. The average molecular weight is 218 g/mol. The summed E-state index contributed by atoms with van der Waals surface area (Å²) in [5.74, 6) is 1.12. The summed E-state index contributed by atoms with van der Waals surface area (Å²) >= 11 is 0. The number of carbonyl (C=O) groups excluding carboxylic acids is 1. The molecular formula is C14H18O2. The van der Waals surface area contributed by atoms with Gasteiger partial charge in [-0.25, -0.2) is 0 Å². The Morgan fingerprint density at radius 1 is 1.25 bits per heavy atom. The van der Waals surface area contributed by atoms with Gasteiger partial charge < -0.3 is 4.74 Å². The molecule has 1 aromatic carbocycles. The second-order valence-electron chi connectivity index (χ2n) is 4.78. The Morgan fingerprint density at radius 2 is 1.81 bits per heavy atom. The number of aryl methyl sites for hydroxylation is 2. The van der Waals surface area contributed by atoms with Gasteiger partial charge in [0.25, 0.3) is 0 Å². The van der Waals surface area contributed by atoms with Crippen LogP contribution >= 0.6 is 0 Å². The molecule has 86 valence electrons. The molecule has 0 atom stereocenters. The molecule has 1 aliphatic carbocycles. The van der Waals surface area contributed by atoms with Crippen LogP contribution in [0.1, 0.15) is 36.5 Å². The maximum atomic E-state index is 11.7. The van der Waals surface area contributed by atoms with Crippen LogP contribution in [0.25, 0.3) is 0 Å². The highest BCUT2D eigenvalue weighted by Crippen LogP contribution is 2.52. The van der Waals surface area contributed by atoms with Gasteiger partial charge in [0.1, 0.15) is 11.5 Å². The van der Waals surface area contributed by atoms with E-state index < -0.39 is 0 Å². The lowest BCUT2D eigenvalue weighted by molar-refractivity contribution is -0.119. The van der Waals surface area contributed by atoms with E-state index in [-0.39, 0.29) is 11.2 Å². The minimum Gasteiger partial charge on any atom is -0.496 e. The predicted molar refractivity (Wildman–Crippen MR) is 64.1 cm³/mol.